The van der Waals surface area contributed by atoms with Crippen LogP contribution in [-0.2, 0) is 7.05 Å². The molecule has 0 radical (unpaired) electrons. The van der Waals surface area contributed by atoms with Gasteiger partial charge >= 0.3 is 6.03 Å². The second-order valence-electron chi connectivity index (χ2n) is 6.13. The molecule has 1 aromatic carbocycles. The van der Waals surface area contributed by atoms with Crippen LogP contribution in [0, 0.1) is 12.7 Å². The number of amides is 2. The van der Waals surface area contributed by atoms with Crippen molar-refractivity contribution in [1.29, 1.82) is 0 Å². The highest BCUT2D eigenvalue weighted by molar-refractivity contribution is 5.88. The summed E-state index contributed by atoms with van der Waals surface area (Å²) in [5.41, 5.74) is 1.55. The van der Waals surface area contributed by atoms with Crippen molar-refractivity contribution in [3.8, 4) is 0 Å². The molecule has 0 bridgehead atoms. The number of anilines is 2. The largest absolute Gasteiger partial charge is 0.367 e. The van der Waals surface area contributed by atoms with Crippen LogP contribution in [0.3, 0.4) is 0 Å². The molecule has 3 rings (SSSR count). The van der Waals surface area contributed by atoms with E-state index in [1.807, 2.05) is 31.0 Å². The Kier molecular flexibility index (Phi) is 4.69. The van der Waals surface area contributed by atoms with Gasteiger partial charge in [0.1, 0.15) is 5.82 Å². The van der Waals surface area contributed by atoms with Crippen molar-refractivity contribution in [3.63, 3.8) is 0 Å². The third-order valence-corrected chi connectivity index (χ3v) is 4.31. The highest BCUT2D eigenvalue weighted by Gasteiger charge is 2.23. The van der Waals surface area contributed by atoms with E-state index in [0.717, 1.165) is 25.1 Å². The van der Waals surface area contributed by atoms with Gasteiger partial charge in [0, 0.05) is 37.9 Å². The monoisotopic (exact) mass is 331 g/mol. The summed E-state index contributed by atoms with van der Waals surface area (Å²) >= 11 is 0. The highest BCUT2D eigenvalue weighted by atomic mass is 19.1. The summed E-state index contributed by atoms with van der Waals surface area (Å²) in [5, 5.41) is 9.90. The quantitative estimate of drug-likeness (QED) is 0.909. The normalized spacial score (nSPS) is 17.6. The molecule has 0 saturated carbocycles. The van der Waals surface area contributed by atoms with Crippen LogP contribution in [0.15, 0.2) is 30.3 Å². The average molecular weight is 331 g/mol. The third kappa shape index (κ3) is 3.67. The van der Waals surface area contributed by atoms with Gasteiger partial charge in [0.2, 0.25) is 0 Å². The number of carbonyl (C=O) groups excluding carboxylic acids is 1. The van der Waals surface area contributed by atoms with Crippen molar-refractivity contribution >= 4 is 17.5 Å². The average Bonchev–Trinajstić information content (AvgIpc) is 2.85. The number of benzene rings is 1. The Morgan fingerprint density at radius 3 is 2.88 bits per heavy atom. The number of rotatable bonds is 3. The Labute approximate surface area is 140 Å². The zero-order chi connectivity index (χ0) is 17.1. The van der Waals surface area contributed by atoms with E-state index in [1.54, 1.807) is 16.8 Å². The smallest absolute Gasteiger partial charge is 0.320 e. The van der Waals surface area contributed by atoms with Gasteiger partial charge in [-0.1, -0.05) is 12.1 Å². The van der Waals surface area contributed by atoms with Gasteiger partial charge in [-0.2, -0.15) is 5.10 Å². The Morgan fingerprint density at radius 1 is 1.38 bits per heavy atom. The lowest BCUT2D eigenvalue weighted by Crippen LogP contribution is -2.49. The van der Waals surface area contributed by atoms with Gasteiger partial charge in [-0.15, -0.1) is 0 Å². The van der Waals surface area contributed by atoms with Gasteiger partial charge in [0.15, 0.2) is 5.82 Å². The maximum Gasteiger partial charge on any atom is 0.320 e. The Hall–Kier alpha value is -2.57. The first-order chi connectivity index (χ1) is 11.5. The molecule has 2 N–H and O–H groups in total. The summed E-state index contributed by atoms with van der Waals surface area (Å²) in [7, 11) is 1.83. The zero-order valence-electron chi connectivity index (χ0n) is 13.9. The number of hydrogen-bond acceptors (Lipinski definition) is 3. The van der Waals surface area contributed by atoms with E-state index in [4.69, 9.17) is 0 Å². The molecule has 1 aliphatic heterocycles. The van der Waals surface area contributed by atoms with E-state index in [0.29, 0.717) is 18.1 Å². The number of para-hydroxylation sites is 1. The van der Waals surface area contributed by atoms with Crippen molar-refractivity contribution in [3.05, 3.63) is 41.8 Å². The maximum absolute atomic E-state index is 13.9. The van der Waals surface area contributed by atoms with Crippen LogP contribution >= 0.6 is 0 Å². The first kappa shape index (κ1) is 16.3. The number of aromatic nitrogens is 2. The minimum absolute atomic E-state index is 0.0248. The van der Waals surface area contributed by atoms with Crippen LogP contribution in [0.25, 0.3) is 0 Å². The number of nitrogens with one attached hydrogen (secondary N) is 2. The van der Waals surface area contributed by atoms with E-state index >= 15 is 0 Å². The number of urea groups is 1. The van der Waals surface area contributed by atoms with Crippen LogP contribution in [0.4, 0.5) is 20.7 Å². The topological polar surface area (TPSA) is 62.2 Å². The number of carbonyl (C=O) groups is 1. The van der Waals surface area contributed by atoms with E-state index in [2.05, 4.69) is 15.7 Å². The van der Waals surface area contributed by atoms with Gasteiger partial charge < -0.3 is 10.2 Å². The molecule has 2 heterocycles. The number of piperidine rings is 1. The number of hydrogen-bond donors (Lipinski definition) is 2. The predicted molar refractivity (Wildman–Crippen MR) is 91.7 cm³/mol. The van der Waals surface area contributed by atoms with Crippen LogP contribution in [-0.4, -0.2) is 34.9 Å². The van der Waals surface area contributed by atoms with E-state index in [9.17, 15) is 9.18 Å². The Morgan fingerprint density at radius 2 is 2.17 bits per heavy atom. The van der Waals surface area contributed by atoms with E-state index in [1.165, 1.54) is 6.07 Å². The lowest BCUT2D eigenvalue weighted by Gasteiger charge is -2.34. The zero-order valence-corrected chi connectivity index (χ0v) is 13.9. The first-order valence-electron chi connectivity index (χ1n) is 8.10. The second-order valence-corrected chi connectivity index (χ2v) is 6.13. The summed E-state index contributed by atoms with van der Waals surface area (Å²) in [6.07, 6.45) is 1.78. The molecule has 0 spiro atoms. The molecule has 1 aliphatic rings. The molecule has 7 heteroatoms. The molecule has 1 aromatic heterocycles. The number of aryl methyl sites for hydroxylation is 2. The lowest BCUT2D eigenvalue weighted by atomic mass is 10.0. The SMILES string of the molecule is Cc1cc(NC(=O)N[C@H]2CCCN(c3ccccc3F)C2)nn1C. The van der Waals surface area contributed by atoms with Gasteiger partial charge in [0.05, 0.1) is 5.69 Å². The van der Waals surface area contributed by atoms with Gasteiger partial charge in [-0.25, -0.2) is 9.18 Å². The minimum atomic E-state index is -0.284. The van der Waals surface area contributed by atoms with Crippen LogP contribution < -0.4 is 15.5 Å². The Balaban J connectivity index is 1.59. The molecular weight excluding hydrogens is 309 g/mol. The maximum atomic E-state index is 13.9. The Bertz CT molecular complexity index is 710. The molecular formula is C17H22FN5O. The molecule has 0 aliphatic carbocycles. The van der Waals surface area contributed by atoms with Gasteiger partial charge in [-0.05, 0) is 31.9 Å². The molecule has 2 amide bonds. The summed E-state index contributed by atoms with van der Waals surface area (Å²) < 4.78 is 15.6. The fraction of sp³-hybridized carbons (Fsp3) is 0.412. The van der Waals surface area contributed by atoms with Crippen molar-refractivity contribution in [2.45, 2.75) is 25.8 Å². The highest BCUT2D eigenvalue weighted by Crippen LogP contribution is 2.22. The fourth-order valence-electron chi connectivity index (χ4n) is 2.98. The molecule has 1 saturated heterocycles. The van der Waals surface area contributed by atoms with Crippen molar-refractivity contribution in [2.24, 2.45) is 7.05 Å². The predicted octanol–water partition coefficient (Wildman–Crippen LogP) is 2.66. The summed E-state index contributed by atoms with van der Waals surface area (Å²) in [4.78, 5) is 14.1. The lowest BCUT2D eigenvalue weighted by molar-refractivity contribution is 0.246. The van der Waals surface area contributed by atoms with Crippen molar-refractivity contribution < 1.29 is 9.18 Å². The first-order valence-corrected chi connectivity index (χ1v) is 8.10. The summed E-state index contributed by atoms with van der Waals surface area (Å²) in [6.45, 7) is 3.30. The van der Waals surface area contributed by atoms with Crippen LogP contribution in [0.5, 0.6) is 0 Å². The molecule has 6 nitrogen and oxygen atoms in total. The van der Waals surface area contributed by atoms with Gasteiger partial charge in [0.25, 0.3) is 0 Å². The number of halogens is 1. The molecule has 24 heavy (non-hydrogen) atoms. The second kappa shape index (κ2) is 6.90. The number of nitrogens with zero attached hydrogens (tertiary/aromatic N) is 3. The van der Waals surface area contributed by atoms with Crippen LogP contribution in [0.1, 0.15) is 18.5 Å². The van der Waals surface area contributed by atoms with E-state index in [-0.39, 0.29) is 17.9 Å². The molecule has 128 valence electrons. The standard InChI is InChI=1S/C17H22FN5O/c1-12-10-16(21-22(12)2)20-17(24)19-13-6-5-9-23(11-13)15-8-4-3-7-14(15)18/h3-4,7-8,10,13H,5-6,9,11H2,1-2H3,(H2,19,20,21,24)/t13-/m0/s1. The van der Waals surface area contributed by atoms with Crippen molar-refractivity contribution in [2.75, 3.05) is 23.3 Å². The summed E-state index contributed by atoms with van der Waals surface area (Å²) in [6, 6.07) is 8.24. The van der Waals surface area contributed by atoms with Crippen LogP contribution in [0.2, 0.25) is 0 Å². The molecule has 0 unspecified atom stereocenters. The molecule has 1 fully saturated rings. The third-order valence-electron chi connectivity index (χ3n) is 4.31. The summed E-state index contributed by atoms with van der Waals surface area (Å²) in [5.74, 6) is 0.292. The van der Waals surface area contributed by atoms with E-state index < -0.39 is 0 Å². The van der Waals surface area contributed by atoms with Crippen molar-refractivity contribution in [1.82, 2.24) is 15.1 Å². The molecule has 1 atom stereocenters. The minimum Gasteiger partial charge on any atom is -0.367 e. The molecule has 2 aromatic rings. The van der Waals surface area contributed by atoms with Gasteiger partial charge in [-0.3, -0.25) is 10.00 Å². The fourth-order valence-corrected chi connectivity index (χ4v) is 2.98.